The number of nitrogens with zero attached hydrogens (tertiary/aromatic N) is 1. The molecule has 6 heteroatoms. The Kier molecular flexibility index (Phi) is 6.77. The van der Waals surface area contributed by atoms with Gasteiger partial charge in [0, 0.05) is 36.3 Å². The van der Waals surface area contributed by atoms with Gasteiger partial charge in [0.1, 0.15) is 5.75 Å². The van der Waals surface area contributed by atoms with E-state index in [9.17, 15) is 9.59 Å². The lowest BCUT2D eigenvalue weighted by atomic mass is 10.0. The average Bonchev–Trinajstić information content (AvgIpc) is 3.08. The molecule has 3 aromatic rings. The van der Waals surface area contributed by atoms with E-state index < -0.39 is 6.04 Å². The molecule has 0 aliphatic heterocycles. The minimum Gasteiger partial charge on any atom is -0.497 e. The van der Waals surface area contributed by atoms with Crippen molar-refractivity contribution in [3.05, 3.63) is 60.3 Å². The van der Waals surface area contributed by atoms with Crippen LogP contribution in [0.1, 0.15) is 38.8 Å². The van der Waals surface area contributed by atoms with Crippen LogP contribution in [0.15, 0.2) is 54.7 Å². The fourth-order valence-electron chi connectivity index (χ4n) is 3.56. The Labute approximate surface area is 177 Å². The number of carbonyl (C=O) groups excluding carboxylic acids is 2. The van der Waals surface area contributed by atoms with Crippen molar-refractivity contribution in [2.24, 2.45) is 5.92 Å². The summed E-state index contributed by atoms with van der Waals surface area (Å²) >= 11 is 0. The summed E-state index contributed by atoms with van der Waals surface area (Å²) in [4.78, 5) is 24.3. The van der Waals surface area contributed by atoms with E-state index >= 15 is 0 Å². The van der Waals surface area contributed by atoms with Crippen LogP contribution in [-0.2, 0) is 16.1 Å². The monoisotopic (exact) mass is 407 g/mol. The number of hydrogen-bond donors (Lipinski definition) is 2. The first-order chi connectivity index (χ1) is 14.4. The molecule has 6 nitrogen and oxygen atoms in total. The van der Waals surface area contributed by atoms with Gasteiger partial charge in [-0.05, 0) is 47.9 Å². The molecule has 0 aliphatic rings. The fourth-order valence-corrected chi connectivity index (χ4v) is 3.56. The lowest BCUT2D eigenvalue weighted by molar-refractivity contribution is -0.120. The Hall–Kier alpha value is -3.28. The molecule has 0 fully saturated rings. The molecule has 2 aromatic carbocycles. The van der Waals surface area contributed by atoms with Crippen molar-refractivity contribution in [3.63, 3.8) is 0 Å². The molecule has 3 rings (SSSR count). The number of anilines is 1. The Morgan fingerprint density at radius 2 is 1.80 bits per heavy atom. The summed E-state index contributed by atoms with van der Waals surface area (Å²) in [5.41, 5.74) is 2.74. The summed E-state index contributed by atoms with van der Waals surface area (Å²) < 4.78 is 7.40. The van der Waals surface area contributed by atoms with Crippen LogP contribution in [-0.4, -0.2) is 23.5 Å². The van der Waals surface area contributed by atoms with Gasteiger partial charge >= 0.3 is 0 Å². The molecule has 0 radical (unpaired) electrons. The summed E-state index contributed by atoms with van der Waals surface area (Å²) in [7, 11) is 1.60. The van der Waals surface area contributed by atoms with Crippen molar-refractivity contribution < 1.29 is 14.3 Å². The lowest BCUT2D eigenvalue weighted by Crippen LogP contribution is -2.29. The molecule has 30 heavy (non-hydrogen) atoms. The van der Waals surface area contributed by atoms with Gasteiger partial charge in [-0.25, -0.2) is 0 Å². The van der Waals surface area contributed by atoms with Crippen molar-refractivity contribution in [2.45, 2.75) is 39.8 Å². The van der Waals surface area contributed by atoms with Crippen LogP contribution < -0.4 is 15.4 Å². The second-order valence-electron chi connectivity index (χ2n) is 7.91. The maximum Gasteiger partial charge on any atom is 0.226 e. The van der Waals surface area contributed by atoms with Gasteiger partial charge < -0.3 is 19.9 Å². The third-order valence-electron chi connectivity index (χ3n) is 4.90. The van der Waals surface area contributed by atoms with Crippen LogP contribution in [0.25, 0.3) is 10.9 Å². The van der Waals surface area contributed by atoms with Crippen molar-refractivity contribution in [3.8, 4) is 5.75 Å². The van der Waals surface area contributed by atoms with Crippen LogP contribution >= 0.6 is 0 Å². The molecule has 0 saturated carbocycles. The maximum absolute atomic E-state index is 12.7. The highest BCUT2D eigenvalue weighted by molar-refractivity contribution is 5.94. The minimum atomic E-state index is -0.413. The Morgan fingerprint density at radius 3 is 2.43 bits per heavy atom. The van der Waals surface area contributed by atoms with E-state index in [4.69, 9.17) is 4.74 Å². The highest BCUT2D eigenvalue weighted by atomic mass is 16.5. The fraction of sp³-hybridized carbons (Fsp3) is 0.333. The number of fused-ring (bicyclic) bond motifs is 1. The van der Waals surface area contributed by atoms with Gasteiger partial charge in [-0.1, -0.05) is 26.0 Å². The number of methoxy groups -OCH3 is 1. The summed E-state index contributed by atoms with van der Waals surface area (Å²) in [6.07, 6.45) is 2.21. The second kappa shape index (κ2) is 9.48. The third-order valence-corrected chi connectivity index (χ3v) is 4.90. The van der Waals surface area contributed by atoms with Crippen LogP contribution in [0.3, 0.4) is 0 Å². The summed E-state index contributed by atoms with van der Waals surface area (Å²) in [5, 5.41) is 6.90. The van der Waals surface area contributed by atoms with E-state index in [1.54, 1.807) is 7.11 Å². The first-order valence-electron chi connectivity index (χ1n) is 10.2. The SMILES string of the molecule is COc1ccc(C(CC(=O)Nc2ccc3c(ccn3CC(C)C)c2)NC(C)=O)cc1. The largest absolute Gasteiger partial charge is 0.497 e. The molecule has 0 aliphatic carbocycles. The van der Waals surface area contributed by atoms with E-state index in [0.717, 1.165) is 34.4 Å². The lowest BCUT2D eigenvalue weighted by Gasteiger charge is -2.18. The highest BCUT2D eigenvalue weighted by Crippen LogP contribution is 2.24. The topological polar surface area (TPSA) is 72.4 Å². The first kappa shape index (κ1) is 21.4. The smallest absolute Gasteiger partial charge is 0.226 e. The molecular formula is C24H29N3O3. The minimum absolute atomic E-state index is 0.137. The molecule has 1 aromatic heterocycles. The molecule has 1 unspecified atom stereocenters. The maximum atomic E-state index is 12.7. The van der Waals surface area contributed by atoms with Crippen LogP contribution in [0.4, 0.5) is 5.69 Å². The van der Waals surface area contributed by atoms with Crippen LogP contribution in [0.5, 0.6) is 5.75 Å². The zero-order valence-corrected chi connectivity index (χ0v) is 17.9. The number of carbonyl (C=O) groups is 2. The summed E-state index contributed by atoms with van der Waals surface area (Å²) in [6, 6.07) is 14.9. The van der Waals surface area contributed by atoms with E-state index in [1.165, 1.54) is 6.92 Å². The van der Waals surface area contributed by atoms with Crippen molar-refractivity contribution in [1.82, 2.24) is 9.88 Å². The molecule has 2 N–H and O–H groups in total. The molecule has 1 heterocycles. The molecule has 2 amide bonds. The van der Waals surface area contributed by atoms with Gasteiger partial charge in [-0.15, -0.1) is 0 Å². The molecule has 0 spiro atoms. The van der Waals surface area contributed by atoms with Gasteiger partial charge in [-0.2, -0.15) is 0 Å². The predicted molar refractivity (Wildman–Crippen MR) is 120 cm³/mol. The van der Waals surface area contributed by atoms with Gasteiger partial charge in [-0.3, -0.25) is 9.59 Å². The van der Waals surface area contributed by atoms with E-state index in [1.807, 2.05) is 42.5 Å². The number of hydrogen-bond acceptors (Lipinski definition) is 3. The van der Waals surface area contributed by atoms with Gasteiger partial charge in [0.25, 0.3) is 0 Å². The van der Waals surface area contributed by atoms with Crippen molar-refractivity contribution >= 4 is 28.4 Å². The number of nitrogens with one attached hydrogen (secondary N) is 2. The average molecular weight is 408 g/mol. The Bertz CT molecular complexity index is 1020. The van der Waals surface area contributed by atoms with Crippen molar-refractivity contribution in [2.75, 3.05) is 12.4 Å². The zero-order valence-electron chi connectivity index (χ0n) is 17.9. The van der Waals surface area contributed by atoms with E-state index in [0.29, 0.717) is 5.92 Å². The number of ether oxygens (including phenoxy) is 1. The summed E-state index contributed by atoms with van der Waals surface area (Å²) in [6.45, 7) is 6.78. The standard InChI is InChI=1S/C24H29N3O3/c1-16(2)15-27-12-11-19-13-20(7-10-23(19)27)26-24(29)14-22(25-17(3)28)18-5-8-21(30-4)9-6-18/h5-13,16,22H,14-15H2,1-4H3,(H,25,28)(H,26,29). The molecule has 158 valence electrons. The molecular weight excluding hydrogens is 378 g/mol. The number of rotatable bonds is 8. The molecule has 0 bridgehead atoms. The highest BCUT2D eigenvalue weighted by Gasteiger charge is 2.18. The number of aromatic nitrogens is 1. The first-order valence-corrected chi connectivity index (χ1v) is 10.2. The Morgan fingerprint density at radius 1 is 1.07 bits per heavy atom. The third kappa shape index (κ3) is 5.41. The number of amides is 2. The van der Waals surface area contributed by atoms with Crippen LogP contribution in [0.2, 0.25) is 0 Å². The molecule has 1 atom stereocenters. The van der Waals surface area contributed by atoms with E-state index in [-0.39, 0.29) is 18.2 Å². The summed E-state index contributed by atoms with van der Waals surface area (Å²) in [5.74, 6) is 0.938. The van der Waals surface area contributed by atoms with Gasteiger partial charge in [0.2, 0.25) is 11.8 Å². The van der Waals surface area contributed by atoms with E-state index in [2.05, 4.69) is 41.3 Å². The zero-order chi connectivity index (χ0) is 21.7. The van der Waals surface area contributed by atoms with Crippen molar-refractivity contribution in [1.29, 1.82) is 0 Å². The molecule has 0 saturated heterocycles. The number of benzene rings is 2. The quantitative estimate of drug-likeness (QED) is 0.577. The predicted octanol–water partition coefficient (Wildman–Crippen LogP) is 4.51. The second-order valence-corrected chi connectivity index (χ2v) is 7.91. The normalized spacial score (nSPS) is 12.0. The van der Waals surface area contributed by atoms with Crippen LogP contribution in [0, 0.1) is 5.92 Å². The Balaban J connectivity index is 1.72. The van der Waals surface area contributed by atoms with Gasteiger partial charge in [0.15, 0.2) is 0 Å². The van der Waals surface area contributed by atoms with Gasteiger partial charge in [0.05, 0.1) is 19.6 Å².